The molecule has 0 fully saturated rings. The Morgan fingerprint density at radius 2 is 1.81 bits per heavy atom. The Labute approximate surface area is 131 Å². The first-order chi connectivity index (χ1) is 10.2. The lowest BCUT2D eigenvalue weighted by molar-refractivity contribution is 0.809. The third-order valence-electron chi connectivity index (χ3n) is 3.17. The third kappa shape index (κ3) is 4.80. The zero-order valence-corrected chi connectivity index (χ0v) is 13.1. The van der Waals surface area contributed by atoms with Gasteiger partial charge in [-0.05, 0) is 24.1 Å². The minimum absolute atomic E-state index is 0.646. The van der Waals surface area contributed by atoms with Gasteiger partial charge in [0, 0.05) is 25.2 Å². The van der Waals surface area contributed by atoms with Crippen molar-refractivity contribution in [3.8, 4) is 0 Å². The first-order valence-electron chi connectivity index (χ1n) is 6.92. The fourth-order valence-corrected chi connectivity index (χ4v) is 2.25. The highest BCUT2D eigenvalue weighted by molar-refractivity contribution is 6.31. The summed E-state index contributed by atoms with van der Waals surface area (Å²) >= 11 is 6.14. The van der Waals surface area contributed by atoms with Crippen molar-refractivity contribution < 1.29 is 0 Å². The summed E-state index contributed by atoms with van der Waals surface area (Å²) in [5.74, 6) is 0.761. The predicted molar refractivity (Wildman–Crippen MR) is 89.7 cm³/mol. The average Bonchev–Trinajstić information content (AvgIpc) is 2.49. The monoisotopic (exact) mass is 301 g/mol. The van der Waals surface area contributed by atoms with Crippen LogP contribution in [0.15, 0.2) is 53.5 Å². The van der Waals surface area contributed by atoms with Crippen molar-refractivity contribution in [2.75, 3.05) is 7.05 Å². The molecule has 0 saturated carbocycles. The fraction of sp³-hybridized carbons (Fsp3) is 0.235. The molecule has 0 unspecified atom stereocenters. The van der Waals surface area contributed by atoms with Gasteiger partial charge >= 0.3 is 0 Å². The molecule has 2 aromatic carbocycles. The number of aliphatic imine (C=N–C) groups is 1. The second-order valence-corrected chi connectivity index (χ2v) is 5.27. The molecule has 0 aliphatic carbocycles. The molecular weight excluding hydrogens is 282 g/mol. The summed E-state index contributed by atoms with van der Waals surface area (Å²) in [5.41, 5.74) is 3.54. The van der Waals surface area contributed by atoms with Crippen molar-refractivity contribution in [1.29, 1.82) is 0 Å². The van der Waals surface area contributed by atoms with E-state index in [0.717, 1.165) is 23.1 Å². The molecule has 0 heterocycles. The number of nitrogens with one attached hydrogen (secondary N) is 2. The molecule has 0 aliphatic rings. The average molecular weight is 302 g/mol. The number of nitrogens with zero attached hydrogens (tertiary/aromatic N) is 1. The highest BCUT2D eigenvalue weighted by Crippen LogP contribution is 2.14. The Morgan fingerprint density at radius 1 is 1.05 bits per heavy atom. The molecule has 0 radical (unpaired) electrons. The number of hydrogen-bond donors (Lipinski definition) is 2. The SMILES string of the molecule is CN=C(NCc1cccc(C)c1)NCc1ccccc1Cl. The van der Waals surface area contributed by atoms with Gasteiger partial charge in [0.05, 0.1) is 0 Å². The van der Waals surface area contributed by atoms with Gasteiger partial charge in [-0.3, -0.25) is 4.99 Å². The molecule has 21 heavy (non-hydrogen) atoms. The van der Waals surface area contributed by atoms with Gasteiger partial charge in [0.1, 0.15) is 0 Å². The second kappa shape index (κ2) is 7.70. The first kappa shape index (κ1) is 15.4. The van der Waals surface area contributed by atoms with Crippen LogP contribution in [0, 0.1) is 6.92 Å². The van der Waals surface area contributed by atoms with Gasteiger partial charge in [-0.15, -0.1) is 0 Å². The van der Waals surface area contributed by atoms with Crippen LogP contribution < -0.4 is 10.6 Å². The second-order valence-electron chi connectivity index (χ2n) is 4.86. The molecule has 0 amide bonds. The van der Waals surface area contributed by atoms with Gasteiger partial charge in [0.25, 0.3) is 0 Å². The van der Waals surface area contributed by atoms with Crippen molar-refractivity contribution in [2.45, 2.75) is 20.0 Å². The van der Waals surface area contributed by atoms with Crippen LogP contribution in [0.2, 0.25) is 5.02 Å². The molecule has 0 atom stereocenters. The highest BCUT2D eigenvalue weighted by atomic mass is 35.5. The lowest BCUT2D eigenvalue weighted by Crippen LogP contribution is -2.36. The van der Waals surface area contributed by atoms with Crippen molar-refractivity contribution in [3.05, 3.63) is 70.2 Å². The molecule has 0 aromatic heterocycles. The van der Waals surface area contributed by atoms with Crippen LogP contribution in [0.4, 0.5) is 0 Å². The summed E-state index contributed by atoms with van der Waals surface area (Å²) in [6.45, 7) is 3.48. The van der Waals surface area contributed by atoms with Crippen molar-refractivity contribution in [1.82, 2.24) is 10.6 Å². The van der Waals surface area contributed by atoms with Crippen LogP contribution in [0.1, 0.15) is 16.7 Å². The number of rotatable bonds is 4. The standard InChI is InChI=1S/C17H20ClN3/c1-13-6-5-7-14(10-13)11-20-17(19-2)21-12-15-8-3-4-9-16(15)18/h3-10H,11-12H2,1-2H3,(H2,19,20,21). The van der Waals surface area contributed by atoms with Crippen LogP contribution in [0.25, 0.3) is 0 Å². The molecule has 110 valence electrons. The van der Waals surface area contributed by atoms with Crippen molar-refractivity contribution in [2.24, 2.45) is 4.99 Å². The lowest BCUT2D eigenvalue weighted by atomic mass is 10.1. The van der Waals surface area contributed by atoms with E-state index in [1.165, 1.54) is 11.1 Å². The largest absolute Gasteiger partial charge is 0.352 e. The maximum atomic E-state index is 6.14. The third-order valence-corrected chi connectivity index (χ3v) is 3.54. The summed E-state index contributed by atoms with van der Waals surface area (Å²) in [4.78, 5) is 4.22. The molecule has 0 spiro atoms. The Kier molecular flexibility index (Phi) is 5.64. The van der Waals surface area contributed by atoms with E-state index in [9.17, 15) is 0 Å². The van der Waals surface area contributed by atoms with Gasteiger partial charge in [0.15, 0.2) is 5.96 Å². The quantitative estimate of drug-likeness (QED) is 0.670. The van der Waals surface area contributed by atoms with Crippen LogP contribution in [-0.2, 0) is 13.1 Å². The topological polar surface area (TPSA) is 36.4 Å². The molecule has 2 rings (SSSR count). The van der Waals surface area contributed by atoms with Gasteiger partial charge in [-0.2, -0.15) is 0 Å². The summed E-state index contributed by atoms with van der Waals surface area (Å²) in [5, 5.41) is 7.33. The number of aryl methyl sites for hydroxylation is 1. The van der Waals surface area contributed by atoms with Crippen molar-refractivity contribution >= 4 is 17.6 Å². The number of hydrogen-bond acceptors (Lipinski definition) is 1. The highest BCUT2D eigenvalue weighted by Gasteiger charge is 2.01. The van der Waals surface area contributed by atoms with Gasteiger partial charge in [-0.25, -0.2) is 0 Å². The van der Waals surface area contributed by atoms with E-state index in [2.05, 4.69) is 46.8 Å². The Morgan fingerprint density at radius 3 is 2.52 bits per heavy atom. The van der Waals surface area contributed by atoms with E-state index >= 15 is 0 Å². The van der Waals surface area contributed by atoms with E-state index in [-0.39, 0.29) is 0 Å². The van der Waals surface area contributed by atoms with E-state index in [1.54, 1.807) is 7.05 Å². The van der Waals surface area contributed by atoms with Gasteiger partial charge < -0.3 is 10.6 Å². The number of guanidine groups is 1. The molecule has 2 aromatic rings. The normalized spacial score (nSPS) is 11.3. The first-order valence-corrected chi connectivity index (χ1v) is 7.30. The summed E-state index contributed by atoms with van der Waals surface area (Å²) < 4.78 is 0. The molecule has 4 heteroatoms. The van der Waals surface area contributed by atoms with Gasteiger partial charge in [0.2, 0.25) is 0 Å². The minimum Gasteiger partial charge on any atom is -0.352 e. The number of halogens is 1. The van der Waals surface area contributed by atoms with E-state index in [4.69, 9.17) is 11.6 Å². The lowest BCUT2D eigenvalue weighted by Gasteiger charge is -2.13. The summed E-state index contributed by atoms with van der Waals surface area (Å²) in [7, 11) is 1.76. The molecule has 0 saturated heterocycles. The smallest absolute Gasteiger partial charge is 0.191 e. The minimum atomic E-state index is 0.646. The molecule has 3 nitrogen and oxygen atoms in total. The van der Waals surface area contributed by atoms with Crippen LogP contribution in [0.3, 0.4) is 0 Å². The van der Waals surface area contributed by atoms with E-state index in [1.807, 2.05) is 24.3 Å². The zero-order chi connectivity index (χ0) is 15.1. The van der Waals surface area contributed by atoms with Crippen LogP contribution in [-0.4, -0.2) is 13.0 Å². The molecule has 0 bridgehead atoms. The van der Waals surface area contributed by atoms with E-state index < -0.39 is 0 Å². The molecule has 0 aliphatic heterocycles. The Balaban J connectivity index is 1.88. The Bertz CT molecular complexity index is 623. The maximum Gasteiger partial charge on any atom is 0.191 e. The Hall–Kier alpha value is -2.00. The number of benzene rings is 2. The zero-order valence-electron chi connectivity index (χ0n) is 12.4. The predicted octanol–water partition coefficient (Wildman–Crippen LogP) is 3.51. The summed E-state index contributed by atoms with van der Waals surface area (Å²) in [6.07, 6.45) is 0. The summed E-state index contributed by atoms with van der Waals surface area (Å²) in [6, 6.07) is 16.2. The van der Waals surface area contributed by atoms with E-state index in [0.29, 0.717) is 6.54 Å². The molecule has 2 N–H and O–H groups in total. The van der Waals surface area contributed by atoms with Crippen molar-refractivity contribution in [3.63, 3.8) is 0 Å². The maximum absolute atomic E-state index is 6.14. The van der Waals surface area contributed by atoms with Gasteiger partial charge in [-0.1, -0.05) is 59.6 Å². The van der Waals surface area contributed by atoms with Crippen LogP contribution in [0.5, 0.6) is 0 Å². The fourth-order valence-electron chi connectivity index (χ4n) is 2.05. The van der Waals surface area contributed by atoms with Crippen LogP contribution >= 0.6 is 11.6 Å². The molecular formula is C17H20ClN3.